The van der Waals surface area contributed by atoms with Crippen LogP contribution in [0.4, 0.5) is 9.18 Å². The van der Waals surface area contributed by atoms with E-state index in [-0.39, 0.29) is 11.8 Å². The summed E-state index contributed by atoms with van der Waals surface area (Å²) in [6.07, 6.45) is 2.01. The number of halogens is 1. The van der Waals surface area contributed by atoms with Crippen molar-refractivity contribution in [2.24, 2.45) is 0 Å². The second-order valence-electron chi connectivity index (χ2n) is 6.79. The Morgan fingerprint density at radius 2 is 2.11 bits per heavy atom. The van der Waals surface area contributed by atoms with Gasteiger partial charge in [0.1, 0.15) is 11.9 Å². The molecule has 0 saturated carbocycles. The third-order valence-corrected chi connectivity index (χ3v) is 5.07. The van der Waals surface area contributed by atoms with E-state index < -0.39 is 18.0 Å². The fourth-order valence-electron chi connectivity index (χ4n) is 3.70. The van der Waals surface area contributed by atoms with Crippen molar-refractivity contribution < 1.29 is 23.5 Å². The number of nitrogens with zero attached hydrogens (tertiary/aromatic N) is 2. The highest BCUT2D eigenvalue weighted by molar-refractivity contribution is 5.87. The zero-order valence-corrected chi connectivity index (χ0v) is 15.4. The Labute approximate surface area is 157 Å². The molecule has 0 radical (unpaired) electrons. The number of likely N-dealkylation sites (tertiary alicyclic amines) is 1. The second kappa shape index (κ2) is 8.37. The first-order valence-electron chi connectivity index (χ1n) is 9.19. The third-order valence-electron chi connectivity index (χ3n) is 5.07. The Bertz CT molecular complexity index is 740. The lowest BCUT2D eigenvalue weighted by molar-refractivity contribution is -0.127. The highest BCUT2D eigenvalue weighted by atomic mass is 19.1. The number of benzene rings is 1. The molecule has 0 bridgehead atoms. The number of rotatable bonds is 5. The van der Waals surface area contributed by atoms with E-state index in [4.69, 9.17) is 4.74 Å². The van der Waals surface area contributed by atoms with Crippen LogP contribution in [0, 0.1) is 5.82 Å². The van der Waals surface area contributed by atoms with E-state index in [2.05, 4.69) is 5.32 Å². The van der Waals surface area contributed by atoms with E-state index in [1.807, 2.05) is 0 Å². The van der Waals surface area contributed by atoms with Crippen molar-refractivity contribution in [2.75, 3.05) is 33.3 Å². The van der Waals surface area contributed by atoms with Crippen LogP contribution < -0.4 is 5.32 Å². The summed E-state index contributed by atoms with van der Waals surface area (Å²) in [5, 5.41) is 2.81. The first-order valence-corrected chi connectivity index (χ1v) is 9.19. The SMILES string of the molecule is COC(=O)N1CCc2ccc(F)cc2[C@H]1C(=O)NCCCN1CCCC1=O. The number of carbonyl (C=O) groups excluding carboxylic acids is 3. The summed E-state index contributed by atoms with van der Waals surface area (Å²) in [5.41, 5.74) is 1.33. The highest BCUT2D eigenvalue weighted by Gasteiger charge is 2.36. The Morgan fingerprint density at radius 1 is 1.30 bits per heavy atom. The molecule has 0 aromatic heterocycles. The fraction of sp³-hybridized carbons (Fsp3) is 0.526. The molecule has 7 nitrogen and oxygen atoms in total. The van der Waals surface area contributed by atoms with E-state index in [9.17, 15) is 18.8 Å². The lowest BCUT2D eigenvalue weighted by Crippen LogP contribution is -2.47. The molecule has 1 saturated heterocycles. The maximum absolute atomic E-state index is 13.8. The van der Waals surface area contributed by atoms with E-state index in [1.54, 1.807) is 11.0 Å². The van der Waals surface area contributed by atoms with Crippen LogP contribution in [0.15, 0.2) is 18.2 Å². The molecule has 0 unspecified atom stereocenters. The van der Waals surface area contributed by atoms with E-state index >= 15 is 0 Å². The number of hydrogen-bond acceptors (Lipinski definition) is 4. The van der Waals surface area contributed by atoms with Gasteiger partial charge in [-0.05, 0) is 42.5 Å². The highest BCUT2D eigenvalue weighted by Crippen LogP contribution is 2.31. The first-order chi connectivity index (χ1) is 13.0. The van der Waals surface area contributed by atoms with Gasteiger partial charge in [-0.3, -0.25) is 14.5 Å². The summed E-state index contributed by atoms with van der Waals surface area (Å²) < 4.78 is 18.5. The van der Waals surface area contributed by atoms with Crippen molar-refractivity contribution in [3.63, 3.8) is 0 Å². The Morgan fingerprint density at radius 3 is 2.81 bits per heavy atom. The van der Waals surface area contributed by atoms with Crippen molar-refractivity contribution >= 4 is 17.9 Å². The zero-order chi connectivity index (χ0) is 19.4. The minimum absolute atomic E-state index is 0.148. The van der Waals surface area contributed by atoms with Gasteiger partial charge in [-0.1, -0.05) is 6.07 Å². The number of ether oxygens (including phenoxy) is 1. The number of fused-ring (bicyclic) bond motifs is 1. The molecule has 3 amide bonds. The Hall–Kier alpha value is -2.64. The number of nitrogens with one attached hydrogen (secondary N) is 1. The predicted octanol–water partition coefficient (Wildman–Crippen LogP) is 1.62. The largest absolute Gasteiger partial charge is 0.453 e. The zero-order valence-electron chi connectivity index (χ0n) is 15.4. The molecular weight excluding hydrogens is 353 g/mol. The van der Waals surface area contributed by atoms with Crippen LogP contribution in [0.3, 0.4) is 0 Å². The average Bonchev–Trinajstić information content (AvgIpc) is 3.08. The molecule has 27 heavy (non-hydrogen) atoms. The van der Waals surface area contributed by atoms with Gasteiger partial charge in [0.05, 0.1) is 7.11 Å². The molecule has 2 aliphatic heterocycles. The van der Waals surface area contributed by atoms with Gasteiger partial charge in [-0.15, -0.1) is 0 Å². The summed E-state index contributed by atoms with van der Waals surface area (Å²) in [6, 6.07) is 3.38. The summed E-state index contributed by atoms with van der Waals surface area (Å²) in [7, 11) is 1.26. The average molecular weight is 377 g/mol. The quantitative estimate of drug-likeness (QED) is 0.791. The van der Waals surface area contributed by atoms with Gasteiger partial charge in [-0.2, -0.15) is 0 Å². The van der Waals surface area contributed by atoms with Crippen LogP contribution in [0.5, 0.6) is 0 Å². The Kier molecular flexibility index (Phi) is 5.93. The van der Waals surface area contributed by atoms with Crippen molar-refractivity contribution in [1.29, 1.82) is 0 Å². The molecule has 8 heteroatoms. The molecule has 2 heterocycles. The van der Waals surface area contributed by atoms with Crippen LogP contribution in [0.25, 0.3) is 0 Å². The van der Waals surface area contributed by atoms with Gasteiger partial charge in [0.2, 0.25) is 11.8 Å². The summed E-state index contributed by atoms with van der Waals surface area (Å²) in [6.45, 7) is 2.05. The van der Waals surface area contributed by atoms with Gasteiger partial charge in [0, 0.05) is 32.6 Å². The minimum atomic E-state index is -0.926. The molecule has 1 atom stereocenters. The third kappa shape index (κ3) is 4.20. The van der Waals surface area contributed by atoms with E-state index in [0.717, 1.165) is 18.5 Å². The van der Waals surface area contributed by atoms with E-state index in [0.29, 0.717) is 44.5 Å². The lowest BCUT2D eigenvalue weighted by atomic mass is 9.92. The standard InChI is InChI=1S/C19H24FN3O4/c1-27-19(26)23-11-7-13-5-6-14(20)12-15(13)17(23)18(25)21-8-3-10-22-9-2-4-16(22)24/h5-6,12,17H,2-4,7-11H2,1H3,(H,21,25)/t17-/m0/s1. The normalized spacial score (nSPS) is 19.0. The molecule has 1 aromatic carbocycles. The molecule has 3 rings (SSSR count). The smallest absolute Gasteiger partial charge is 0.410 e. The van der Waals surface area contributed by atoms with Gasteiger partial charge in [0.25, 0.3) is 0 Å². The fourth-order valence-corrected chi connectivity index (χ4v) is 3.70. The van der Waals surface area contributed by atoms with Crippen LogP contribution in [-0.2, 0) is 20.7 Å². The molecule has 146 valence electrons. The molecule has 1 aromatic rings. The number of amides is 3. The molecule has 2 aliphatic rings. The monoisotopic (exact) mass is 377 g/mol. The number of hydrogen-bond donors (Lipinski definition) is 1. The van der Waals surface area contributed by atoms with Crippen LogP contribution in [0.1, 0.15) is 36.4 Å². The van der Waals surface area contributed by atoms with E-state index in [1.165, 1.54) is 24.1 Å². The number of carbonyl (C=O) groups is 3. The maximum atomic E-state index is 13.8. The molecule has 0 aliphatic carbocycles. The van der Waals surface area contributed by atoms with Crippen molar-refractivity contribution in [3.8, 4) is 0 Å². The minimum Gasteiger partial charge on any atom is -0.453 e. The predicted molar refractivity (Wildman–Crippen MR) is 95.4 cm³/mol. The van der Waals surface area contributed by atoms with Crippen LogP contribution >= 0.6 is 0 Å². The van der Waals surface area contributed by atoms with Gasteiger partial charge < -0.3 is 15.0 Å². The van der Waals surface area contributed by atoms with Gasteiger partial charge >= 0.3 is 6.09 Å². The van der Waals surface area contributed by atoms with Crippen molar-refractivity contribution in [1.82, 2.24) is 15.1 Å². The van der Waals surface area contributed by atoms with Crippen molar-refractivity contribution in [2.45, 2.75) is 31.7 Å². The van der Waals surface area contributed by atoms with Crippen LogP contribution in [-0.4, -0.2) is 61.0 Å². The van der Waals surface area contributed by atoms with Gasteiger partial charge in [0.15, 0.2) is 0 Å². The summed E-state index contributed by atoms with van der Waals surface area (Å²) in [4.78, 5) is 39.6. The van der Waals surface area contributed by atoms with Crippen molar-refractivity contribution in [3.05, 3.63) is 35.1 Å². The first kappa shape index (κ1) is 19.1. The Balaban J connectivity index is 1.67. The molecule has 1 fully saturated rings. The molecule has 0 spiro atoms. The number of methoxy groups -OCH3 is 1. The van der Waals surface area contributed by atoms with Gasteiger partial charge in [-0.25, -0.2) is 9.18 Å². The molecule has 1 N–H and O–H groups in total. The topological polar surface area (TPSA) is 79.0 Å². The summed E-state index contributed by atoms with van der Waals surface area (Å²) in [5.74, 6) is -0.680. The second-order valence-corrected chi connectivity index (χ2v) is 6.79. The summed E-state index contributed by atoms with van der Waals surface area (Å²) >= 11 is 0. The molecular formula is C19H24FN3O4. The maximum Gasteiger partial charge on any atom is 0.410 e. The lowest BCUT2D eigenvalue weighted by Gasteiger charge is -2.35. The van der Waals surface area contributed by atoms with Crippen LogP contribution in [0.2, 0.25) is 0 Å².